The first-order valence-electron chi connectivity index (χ1n) is 6.81. The summed E-state index contributed by atoms with van der Waals surface area (Å²) in [6.07, 6.45) is 3.13. The molecule has 0 aliphatic heterocycles. The molecule has 0 unspecified atom stereocenters. The Kier molecular flexibility index (Phi) is 3.05. The van der Waals surface area contributed by atoms with E-state index in [2.05, 4.69) is 10.1 Å². The maximum Gasteiger partial charge on any atom is 0.291 e. The highest BCUT2D eigenvalue weighted by Crippen LogP contribution is 2.29. The van der Waals surface area contributed by atoms with Crippen molar-refractivity contribution in [2.75, 3.05) is 0 Å². The van der Waals surface area contributed by atoms with E-state index in [4.69, 9.17) is 0 Å². The first kappa shape index (κ1) is 12.9. The molecule has 0 amide bonds. The number of hydrogen-bond acceptors (Lipinski definition) is 4. The first-order chi connectivity index (χ1) is 10.8. The van der Waals surface area contributed by atoms with Crippen molar-refractivity contribution < 1.29 is 0 Å². The summed E-state index contributed by atoms with van der Waals surface area (Å²) in [7, 11) is 0. The molecule has 22 heavy (non-hydrogen) atoms. The summed E-state index contributed by atoms with van der Waals surface area (Å²) < 4.78 is 2.98. The minimum atomic E-state index is -0.140. The molecule has 2 aromatic heterocycles. The van der Waals surface area contributed by atoms with Crippen LogP contribution >= 0.6 is 11.3 Å². The molecule has 0 bridgehead atoms. The van der Waals surface area contributed by atoms with Crippen molar-refractivity contribution in [2.45, 2.75) is 0 Å². The summed E-state index contributed by atoms with van der Waals surface area (Å²) in [5, 5.41) is 5.23. The van der Waals surface area contributed by atoms with Crippen LogP contribution < -0.4 is 5.56 Å². The highest BCUT2D eigenvalue weighted by atomic mass is 32.1. The minimum Gasteiger partial charge on any atom is -0.266 e. The van der Waals surface area contributed by atoms with Crippen molar-refractivity contribution in [2.24, 2.45) is 5.10 Å². The second-order valence-electron chi connectivity index (χ2n) is 4.83. The van der Waals surface area contributed by atoms with E-state index < -0.39 is 0 Å². The van der Waals surface area contributed by atoms with Gasteiger partial charge in [-0.2, -0.15) is 9.78 Å². The van der Waals surface area contributed by atoms with Gasteiger partial charge in [-0.3, -0.25) is 4.79 Å². The van der Waals surface area contributed by atoms with Crippen LogP contribution in [0.5, 0.6) is 0 Å². The van der Waals surface area contributed by atoms with Crippen LogP contribution in [-0.4, -0.2) is 15.9 Å². The lowest BCUT2D eigenvalue weighted by Crippen LogP contribution is -2.15. The van der Waals surface area contributed by atoms with Gasteiger partial charge in [0.25, 0.3) is 5.56 Å². The summed E-state index contributed by atoms with van der Waals surface area (Å²) in [6.45, 7) is 0. The number of hydrogen-bond donors (Lipinski definition) is 0. The summed E-state index contributed by atoms with van der Waals surface area (Å²) >= 11 is 1.45. The van der Waals surface area contributed by atoms with Crippen molar-refractivity contribution in [3.8, 4) is 0 Å². The fourth-order valence-electron chi connectivity index (χ4n) is 2.32. The molecule has 4 rings (SSSR count). The van der Waals surface area contributed by atoms with Crippen LogP contribution in [0.1, 0.15) is 5.56 Å². The topological polar surface area (TPSA) is 47.2 Å². The third-order valence-corrected chi connectivity index (χ3v) is 4.55. The molecule has 2 aromatic carbocycles. The first-order valence-corrected chi connectivity index (χ1v) is 7.63. The van der Waals surface area contributed by atoms with Crippen molar-refractivity contribution in [3.63, 3.8) is 0 Å². The van der Waals surface area contributed by atoms with Crippen molar-refractivity contribution >= 4 is 37.9 Å². The largest absolute Gasteiger partial charge is 0.291 e. The van der Waals surface area contributed by atoms with Crippen LogP contribution in [0.3, 0.4) is 0 Å². The second kappa shape index (κ2) is 5.20. The second-order valence-corrected chi connectivity index (χ2v) is 5.88. The normalized spacial score (nSPS) is 11.6. The lowest BCUT2D eigenvalue weighted by atomic mass is 10.2. The molecule has 0 spiro atoms. The molecule has 0 aliphatic rings. The summed E-state index contributed by atoms with van der Waals surface area (Å²) in [5.74, 6) is 0. The molecule has 0 N–H and O–H groups in total. The predicted octanol–water partition coefficient (Wildman–Crippen LogP) is 3.49. The van der Waals surface area contributed by atoms with Crippen molar-refractivity contribution in [1.29, 1.82) is 0 Å². The van der Waals surface area contributed by atoms with E-state index >= 15 is 0 Å². The van der Waals surface area contributed by atoms with Crippen LogP contribution in [0.4, 0.5) is 0 Å². The monoisotopic (exact) mass is 305 g/mol. The van der Waals surface area contributed by atoms with Gasteiger partial charge in [0, 0.05) is 10.1 Å². The van der Waals surface area contributed by atoms with Gasteiger partial charge >= 0.3 is 0 Å². The summed E-state index contributed by atoms with van der Waals surface area (Å²) in [6, 6.07) is 17.6. The number of thiophene rings is 1. The molecule has 0 saturated carbocycles. The third-order valence-electron chi connectivity index (χ3n) is 3.40. The highest BCUT2D eigenvalue weighted by Gasteiger charge is 2.10. The van der Waals surface area contributed by atoms with Gasteiger partial charge in [0.2, 0.25) is 0 Å². The number of rotatable bonds is 2. The molecule has 2 heterocycles. The SMILES string of the molecule is O=c1c2sc3ccccc3c2ncn1/N=C/c1ccccc1. The molecule has 0 saturated heterocycles. The average molecular weight is 305 g/mol. The Morgan fingerprint density at radius 3 is 2.68 bits per heavy atom. The van der Waals surface area contributed by atoms with Crippen LogP contribution in [0, 0.1) is 0 Å². The number of nitrogens with zero attached hydrogens (tertiary/aromatic N) is 3. The fraction of sp³-hybridized carbons (Fsp3) is 0. The van der Waals surface area contributed by atoms with Gasteiger partial charge in [-0.25, -0.2) is 4.98 Å². The van der Waals surface area contributed by atoms with Gasteiger partial charge in [-0.05, 0) is 11.6 Å². The van der Waals surface area contributed by atoms with E-state index in [1.165, 1.54) is 22.3 Å². The summed E-state index contributed by atoms with van der Waals surface area (Å²) in [5.41, 5.74) is 1.54. The van der Waals surface area contributed by atoms with Gasteiger partial charge in [-0.15, -0.1) is 11.3 Å². The van der Waals surface area contributed by atoms with Crippen LogP contribution in [0.15, 0.2) is 70.8 Å². The maximum absolute atomic E-state index is 12.5. The van der Waals surface area contributed by atoms with E-state index in [9.17, 15) is 4.79 Å². The van der Waals surface area contributed by atoms with E-state index in [1.807, 2.05) is 54.6 Å². The molecule has 4 nitrogen and oxygen atoms in total. The van der Waals surface area contributed by atoms with Crippen LogP contribution in [-0.2, 0) is 0 Å². The Balaban J connectivity index is 1.86. The third kappa shape index (κ3) is 2.12. The predicted molar refractivity (Wildman–Crippen MR) is 90.8 cm³/mol. The van der Waals surface area contributed by atoms with Crippen molar-refractivity contribution in [1.82, 2.24) is 9.66 Å². The Labute approximate surface area is 130 Å². The molecule has 0 radical (unpaired) electrons. The number of benzene rings is 2. The van der Waals surface area contributed by atoms with Crippen LogP contribution in [0.2, 0.25) is 0 Å². The Hall–Kier alpha value is -2.79. The zero-order valence-electron chi connectivity index (χ0n) is 11.5. The molecule has 106 valence electrons. The van der Waals surface area contributed by atoms with Gasteiger partial charge < -0.3 is 0 Å². The van der Waals surface area contributed by atoms with Gasteiger partial charge in [0.05, 0.1) is 11.7 Å². The molecule has 0 fully saturated rings. The standard InChI is InChI=1S/C17H11N3OS/c21-17-16-15(13-8-4-5-9-14(13)22-16)18-11-20(17)19-10-12-6-2-1-3-7-12/h1-11H/b19-10+. The number of fused-ring (bicyclic) bond motifs is 3. The zero-order valence-corrected chi connectivity index (χ0v) is 12.3. The lowest BCUT2D eigenvalue weighted by molar-refractivity contribution is 0.819. The maximum atomic E-state index is 12.5. The quantitative estimate of drug-likeness (QED) is 0.532. The van der Waals surface area contributed by atoms with Gasteiger partial charge in [0.1, 0.15) is 11.0 Å². The zero-order chi connectivity index (χ0) is 14.9. The van der Waals surface area contributed by atoms with E-state index in [-0.39, 0.29) is 5.56 Å². The van der Waals surface area contributed by atoms with E-state index in [0.717, 1.165) is 21.2 Å². The fourth-order valence-corrected chi connectivity index (χ4v) is 3.41. The van der Waals surface area contributed by atoms with Crippen molar-refractivity contribution in [3.05, 3.63) is 76.8 Å². The molecule has 4 aromatic rings. The van der Waals surface area contributed by atoms with E-state index in [0.29, 0.717) is 4.70 Å². The molecular formula is C17H11N3OS. The Morgan fingerprint density at radius 2 is 1.82 bits per heavy atom. The van der Waals surface area contributed by atoms with Gasteiger partial charge in [-0.1, -0.05) is 48.5 Å². The van der Waals surface area contributed by atoms with Crippen LogP contribution in [0.25, 0.3) is 20.3 Å². The smallest absolute Gasteiger partial charge is 0.266 e. The molecule has 0 aliphatic carbocycles. The Morgan fingerprint density at radius 1 is 1.05 bits per heavy atom. The highest BCUT2D eigenvalue weighted by molar-refractivity contribution is 7.25. The molecule has 5 heteroatoms. The molecular weight excluding hydrogens is 294 g/mol. The number of aromatic nitrogens is 2. The Bertz CT molecular complexity index is 1050. The summed E-state index contributed by atoms with van der Waals surface area (Å²) in [4.78, 5) is 16.9. The van der Waals surface area contributed by atoms with E-state index in [1.54, 1.807) is 6.21 Å². The molecule has 0 atom stereocenters. The lowest BCUT2D eigenvalue weighted by Gasteiger charge is -1.97. The average Bonchev–Trinajstić information content (AvgIpc) is 2.95. The minimum absolute atomic E-state index is 0.140. The van der Waals surface area contributed by atoms with Gasteiger partial charge in [0.15, 0.2) is 0 Å².